The molecule has 3 atom stereocenters. The lowest BCUT2D eigenvalue weighted by Gasteiger charge is -2.43. The second-order valence-corrected chi connectivity index (χ2v) is 10.4. The van der Waals surface area contributed by atoms with Crippen LogP contribution in [-0.2, 0) is 22.2 Å². The number of hydrogen-bond donors (Lipinski definition) is 2. The molecule has 1 aliphatic heterocycles. The second-order valence-electron chi connectivity index (χ2n) is 10.4. The molecular formula is C27H27F8N3O5. The number of benzene rings is 2. The number of hydroxylamine groups is 1. The smallest absolute Gasteiger partial charge is 0.493 e. The average molecular weight is 626 g/mol. The number of anilines is 1. The maximum absolute atomic E-state index is 14.2. The number of carbonyl (C=O) groups is 2. The fourth-order valence-electron chi connectivity index (χ4n) is 5.74. The van der Waals surface area contributed by atoms with Crippen molar-refractivity contribution < 1.29 is 59.0 Å². The Morgan fingerprint density at radius 3 is 2.23 bits per heavy atom. The number of urea groups is 1. The van der Waals surface area contributed by atoms with Crippen LogP contribution in [0.1, 0.15) is 36.8 Å². The molecule has 0 spiro atoms. The molecular weight excluding hydrogens is 598 g/mol. The Morgan fingerprint density at radius 2 is 1.65 bits per heavy atom. The van der Waals surface area contributed by atoms with Crippen LogP contribution in [-0.4, -0.2) is 51.0 Å². The molecule has 43 heavy (non-hydrogen) atoms. The van der Waals surface area contributed by atoms with Gasteiger partial charge in [0.15, 0.2) is 11.5 Å². The molecule has 1 saturated heterocycles. The zero-order chi connectivity index (χ0) is 31.7. The van der Waals surface area contributed by atoms with Crippen molar-refractivity contribution in [2.24, 2.45) is 5.41 Å². The van der Waals surface area contributed by atoms with Crippen molar-refractivity contribution in [1.29, 1.82) is 0 Å². The highest BCUT2D eigenvalue weighted by Gasteiger charge is 2.48. The van der Waals surface area contributed by atoms with Gasteiger partial charge in [-0.15, -0.1) is 5.06 Å². The SMILES string of the molecule is COc1ccc(C[C@@]23CCN[C@H]2C[C@H](NC(=O)N(OC(=O)C(F)(F)F)c2cc(F)c(C(F)(F)F)c(F)c2)CC3)cc1OC. The number of alkyl halides is 6. The first-order valence-electron chi connectivity index (χ1n) is 13.0. The van der Waals surface area contributed by atoms with E-state index in [0.29, 0.717) is 37.3 Å². The van der Waals surface area contributed by atoms with Gasteiger partial charge in [-0.3, -0.25) is 0 Å². The van der Waals surface area contributed by atoms with Crippen LogP contribution < -0.4 is 25.2 Å². The van der Waals surface area contributed by atoms with Crippen LogP contribution >= 0.6 is 0 Å². The quantitative estimate of drug-likeness (QED) is 0.317. The van der Waals surface area contributed by atoms with E-state index in [4.69, 9.17) is 9.47 Å². The van der Waals surface area contributed by atoms with Gasteiger partial charge in [0.1, 0.15) is 17.2 Å². The Hall–Kier alpha value is -3.82. The van der Waals surface area contributed by atoms with Gasteiger partial charge in [0, 0.05) is 24.2 Å². The zero-order valence-corrected chi connectivity index (χ0v) is 22.8. The van der Waals surface area contributed by atoms with Gasteiger partial charge < -0.3 is 24.9 Å². The summed E-state index contributed by atoms with van der Waals surface area (Å²) in [6.45, 7) is 0.651. The maximum atomic E-state index is 14.2. The number of amides is 2. The topological polar surface area (TPSA) is 89.1 Å². The molecule has 1 saturated carbocycles. The number of methoxy groups -OCH3 is 2. The van der Waals surface area contributed by atoms with E-state index in [9.17, 15) is 44.7 Å². The van der Waals surface area contributed by atoms with Crippen molar-refractivity contribution in [3.05, 3.63) is 53.1 Å². The molecule has 8 nitrogen and oxygen atoms in total. The van der Waals surface area contributed by atoms with E-state index in [0.717, 1.165) is 12.0 Å². The van der Waals surface area contributed by atoms with Crippen LogP contribution in [0.4, 0.5) is 45.6 Å². The third kappa shape index (κ3) is 6.89. The van der Waals surface area contributed by atoms with Crippen molar-refractivity contribution in [2.75, 3.05) is 25.8 Å². The van der Waals surface area contributed by atoms with E-state index in [1.807, 2.05) is 12.1 Å². The van der Waals surface area contributed by atoms with E-state index in [1.54, 1.807) is 6.07 Å². The Labute approximate surface area is 240 Å². The van der Waals surface area contributed by atoms with Crippen LogP contribution in [0.2, 0.25) is 0 Å². The Kier molecular flexibility index (Phi) is 9.00. The van der Waals surface area contributed by atoms with Crippen LogP contribution in [0.5, 0.6) is 11.5 Å². The highest BCUT2D eigenvalue weighted by Crippen LogP contribution is 2.46. The summed E-state index contributed by atoms with van der Waals surface area (Å²) in [4.78, 5) is 28.6. The van der Waals surface area contributed by atoms with Gasteiger partial charge in [0.25, 0.3) is 0 Å². The summed E-state index contributed by atoms with van der Waals surface area (Å²) < 4.78 is 117. The molecule has 4 rings (SSSR count). The first-order valence-corrected chi connectivity index (χ1v) is 13.0. The summed E-state index contributed by atoms with van der Waals surface area (Å²) in [5.74, 6) is -6.28. The van der Waals surface area contributed by atoms with Crippen LogP contribution in [0.15, 0.2) is 30.3 Å². The van der Waals surface area contributed by atoms with Crippen LogP contribution in [0, 0.1) is 17.0 Å². The molecule has 2 aromatic carbocycles. The van der Waals surface area contributed by atoms with Crippen LogP contribution in [0.3, 0.4) is 0 Å². The van der Waals surface area contributed by atoms with E-state index < -0.39 is 58.3 Å². The predicted octanol–water partition coefficient (Wildman–Crippen LogP) is 5.68. The van der Waals surface area contributed by atoms with E-state index >= 15 is 0 Å². The zero-order valence-electron chi connectivity index (χ0n) is 22.8. The number of rotatable bonds is 6. The highest BCUT2D eigenvalue weighted by molar-refractivity contribution is 5.93. The van der Waals surface area contributed by atoms with E-state index in [-0.39, 0.29) is 30.0 Å². The molecule has 1 aliphatic carbocycles. The predicted molar refractivity (Wildman–Crippen MR) is 134 cm³/mol. The maximum Gasteiger partial charge on any atom is 0.493 e. The fourth-order valence-corrected chi connectivity index (χ4v) is 5.74. The Morgan fingerprint density at radius 1 is 1.00 bits per heavy atom. The van der Waals surface area contributed by atoms with Crippen molar-refractivity contribution in [3.63, 3.8) is 0 Å². The van der Waals surface area contributed by atoms with E-state index in [2.05, 4.69) is 15.5 Å². The van der Waals surface area contributed by atoms with Gasteiger partial charge in [0.2, 0.25) is 0 Å². The van der Waals surface area contributed by atoms with Gasteiger partial charge in [-0.2, -0.15) is 26.3 Å². The normalized spacial score (nSPS) is 22.0. The van der Waals surface area contributed by atoms with Crippen LogP contribution in [0.25, 0.3) is 0 Å². The molecule has 1 heterocycles. The molecule has 2 fully saturated rings. The number of fused-ring (bicyclic) bond motifs is 1. The lowest BCUT2D eigenvalue weighted by molar-refractivity contribution is -0.199. The van der Waals surface area contributed by atoms with Gasteiger partial charge in [-0.05, 0) is 61.8 Å². The van der Waals surface area contributed by atoms with Gasteiger partial charge in [0.05, 0.1) is 19.9 Å². The number of ether oxygens (including phenoxy) is 2. The molecule has 236 valence electrons. The number of carbonyl (C=O) groups excluding carboxylic acids is 2. The van der Waals surface area contributed by atoms with Crippen molar-refractivity contribution in [3.8, 4) is 11.5 Å². The minimum Gasteiger partial charge on any atom is -0.493 e. The summed E-state index contributed by atoms with van der Waals surface area (Å²) in [5, 5.41) is 5.34. The number of hydrogen-bond acceptors (Lipinski definition) is 6. The fraction of sp³-hybridized carbons (Fsp3) is 0.481. The minimum absolute atomic E-state index is 0.0529. The molecule has 0 radical (unpaired) electrons. The Balaban J connectivity index is 1.53. The molecule has 2 amide bonds. The van der Waals surface area contributed by atoms with Crippen molar-refractivity contribution in [2.45, 2.75) is 56.5 Å². The molecule has 0 bridgehead atoms. The van der Waals surface area contributed by atoms with Gasteiger partial charge in [-0.25, -0.2) is 18.4 Å². The minimum atomic E-state index is -5.64. The molecule has 2 aliphatic rings. The monoisotopic (exact) mass is 625 g/mol. The Bertz CT molecular complexity index is 1350. The number of halogens is 8. The summed E-state index contributed by atoms with van der Waals surface area (Å²) in [6.07, 6.45) is -8.54. The van der Waals surface area contributed by atoms with Gasteiger partial charge in [-0.1, -0.05) is 6.07 Å². The summed E-state index contributed by atoms with van der Waals surface area (Å²) in [5.41, 5.74) is -2.81. The first kappa shape index (κ1) is 32.1. The molecule has 0 unspecified atom stereocenters. The summed E-state index contributed by atoms with van der Waals surface area (Å²) in [7, 11) is 3.02. The lowest BCUT2D eigenvalue weighted by atomic mass is 9.66. The van der Waals surface area contributed by atoms with Crippen molar-refractivity contribution >= 4 is 17.7 Å². The largest absolute Gasteiger partial charge is 0.493 e. The molecule has 0 aromatic heterocycles. The number of nitrogens with one attached hydrogen (secondary N) is 2. The molecule has 2 N–H and O–H groups in total. The average Bonchev–Trinajstić information content (AvgIpc) is 3.32. The highest BCUT2D eigenvalue weighted by atomic mass is 19.4. The number of nitrogens with zero attached hydrogens (tertiary/aromatic N) is 1. The lowest BCUT2D eigenvalue weighted by Crippen LogP contribution is -2.53. The second kappa shape index (κ2) is 12.1. The third-order valence-corrected chi connectivity index (χ3v) is 7.73. The molecule has 2 aromatic rings. The van der Waals surface area contributed by atoms with Gasteiger partial charge >= 0.3 is 24.4 Å². The summed E-state index contributed by atoms with van der Waals surface area (Å²) >= 11 is 0. The molecule has 16 heteroatoms. The third-order valence-electron chi connectivity index (χ3n) is 7.73. The summed E-state index contributed by atoms with van der Waals surface area (Å²) in [6, 6.07) is 3.03. The van der Waals surface area contributed by atoms with Crippen molar-refractivity contribution in [1.82, 2.24) is 10.6 Å². The van der Waals surface area contributed by atoms with E-state index in [1.165, 1.54) is 14.2 Å². The first-order chi connectivity index (χ1) is 20.1. The standard InChI is InChI=1S/C27H27F8N3O5/c1-41-19-4-3-14(9-20(19)42-2)13-25-6-5-15(10-21(25)36-8-7-25)37-24(40)38(43-23(39)27(33,34)35)16-11-17(28)22(18(29)12-16)26(30,31)32/h3-4,9,11-12,15,21,36H,5-8,10,13H2,1-2H3,(H,37,40)/t15-,21+,25-/m1/s1.